The molecule has 3 saturated heterocycles. The summed E-state index contributed by atoms with van der Waals surface area (Å²) in [4.78, 5) is 29.8. The molecule has 0 aromatic carbocycles. The average Bonchev–Trinajstić information content (AvgIpc) is 3.05. The first-order valence-electron chi connectivity index (χ1n) is 18.5. The van der Waals surface area contributed by atoms with Crippen LogP contribution in [0.5, 0.6) is 0 Å². The van der Waals surface area contributed by atoms with E-state index in [9.17, 15) is 35.1 Å². The third kappa shape index (κ3) is 11.1. The van der Waals surface area contributed by atoms with Crippen molar-refractivity contribution >= 4 is 35.7 Å². The quantitative estimate of drug-likeness (QED) is 0.181. The second-order valence-electron chi connectivity index (χ2n) is 16.5. The number of aliphatic hydroxyl groups excluding tert-OH is 3. The smallest absolute Gasteiger partial charge is 0.311 e. The van der Waals surface area contributed by atoms with E-state index in [2.05, 4.69) is 0 Å². The SMILES string of the molecule is CC[C@H]1OC(=O)[C@H](C)[C@@H](O[C@H]2C[C@@](C)(OC)[C@@H](O)[C@H](C)O2)[C@H](C)[C@@H](O[C@@H]2O[C@H](C)C[C@H](N(C)C)[C@H]2O)[C@](C)(O)C[C@@H](C)C(=O)[C@H](C)[C@@H](O)[C@]1(C)O.I.O. The maximum atomic E-state index is 14.1. The number of hydrogen-bond donors (Lipinski definition) is 5. The van der Waals surface area contributed by atoms with E-state index in [1.165, 1.54) is 27.9 Å². The summed E-state index contributed by atoms with van der Waals surface area (Å²) in [5.74, 6) is -4.98. The van der Waals surface area contributed by atoms with Gasteiger partial charge in [0.2, 0.25) is 0 Å². The highest BCUT2D eigenvalue weighted by Crippen LogP contribution is 2.40. The van der Waals surface area contributed by atoms with E-state index < -0.39 is 108 Å². The van der Waals surface area contributed by atoms with Crippen LogP contribution in [0.4, 0.5) is 0 Å². The number of hydrogen-bond acceptors (Lipinski definition) is 14. The van der Waals surface area contributed by atoms with Crippen molar-refractivity contribution in [2.45, 2.75) is 179 Å². The summed E-state index contributed by atoms with van der Waals surface area (Å²) in [5.41, 5.74) is -4.84. The largest absolute Gasteiger partial charge is 0.459 e. The van der Waals surface area contributed by atoms with E-state index in [0.29, 0.717) is 6.42 Å². The lowest BCUT2D eigenvalue weighted by Gasteiger charge is -2.49. The van der Waals surface area contributed by atoms with Crippen LogP contribution >= 0.6 is 24.0 Å². The first-order valence-corrected chi connectivity index (χ1v) is 18.5. The molecular formula is C37H70INO14. The molecule has 18 atom stereocenters. The second kappa shape index (κ2) is 19.7. The fourth-order valence-corrected chi connectivity index (χ4v) is 8.41. The molecule has 314 valence electrons. The number of cyclic esters (lactones) is 1. The van der Waals surface area contributed by atoms with Gasteiger partial charge in [-0.25, -0.2) is 0 Å². The van der Waals surface area contributed by atoms with Gasteiger partial charge >= 0.3 is 5.97 Å². The van der Waals surface area contributed by atoms with Crippen molar-refractivity contribution in [3.8, 4) is 0 Å². The van der Waals surface area contributed by atoms with Gasteiger partial charge in [-0.05, 0) is 74.9 Å². The minimum Gasteiger partial charge on any atom is -0.459 e. The molecule has 0 bridgehead atoms. The van der Waals surface area contributed by atoms with Crippen LogP contribution < -0.4 is 0 Å². The van der Waals surface area contributed by atoms with Crippen LogP contribution in [0.2, 0.25) is 0 Å². The molecule has 0 aromatic heterocycles. The molecule has 0 aliphatic carbocycles. The Bertz CT molecular complexity index is 1180. The van der Waals surface area contributed by atoms with E-state index in [0.717, 1.165) is 0 Å². The van der Waals surface area contributed by atoms with Crippen LogP contribution in [0, 0.1) is 23.7 Å². The van der Waals surface area contributed by atoms with Crippen LogP contribution in [-0.4, -0.2) is 153 Å². The fraction of sp³-hybridized carbons (Fsp3) is 0.946. The maximum Gasteiger partial charge on any atom is 0.311 e. The molecule has 0 unspecified atom stereocenters. The van der Waals surface area contributed by atoms with Gasteiger partial charge in [0, 0.05) is 37.3 Å². The zero-order chi connectivity index (χ0) is 39.0. The van der Waals surface area contributed by atoms with Crippen molar-refractivity contribution in [3.63, 3.8) is 0 Å². The van der Waals surface area contributed by atoms with Crippen molar-refractivity contribution < 1.29 is 69.0 Å². The number of nitrogens with zero attached hydrogens (tertiary/aromatic N) is 1. The number of rotatable bonds is 7. The molecule has 15 nitrogen and oxygen atoms in total. The maximum absolute atomic E-state index is 14.1. The minimum absolute atomic E-state index is 0. The summed E-state index contributed by atoms with van der Waals surface area (Å²) in [6.07, 6.45) is -9.71. The number of methoxy groups -OCH3 is 1. The van der Waals surface area contributed by atoms with E-state index in [4.69, 9.17) is 28.4 Å². The monoisotopic (exact) mass is 879 g/mol. The van der Waals surface area contributed by atoms with Gasteiger partial charge in [0.1, 0.15) is 29.7 Å². The molecule has 0 radical (unpaired) electrons. The van der Waals surface area contributed by atoms with Crippen molar-refractivity contribution in [3.05, 3.63) is 0 Å². The molecule has 53 heavy (non-hydrogen) atoms. The van der Waals surface area contributed by atoms with Crippen molar-refractivity contribution in [2.75, 3.05) is 21.2 Å². The number of aliphatic hydroxyl groups is 5. The van der Waals surface area contributed by atoms with Gasteiger partial charge in [0.15, 0.2) is 12.6 Å². The lowest BCUT2D eigenvalue weighted by molar-refractivity contribution is -0.318. The number of likely N-dealkylation sites (N-methyl/N-ethyl adjacent to an activating group) is 1. The highest BCUT2D eigenvalue weighted by atomic mass is 127. The van der Waals surface area contributed by atoms with Gasteiger partial charge in [-0.1, -0.05) is 27.7 Å². The molecular weight excluding hydrogens is 809 g/mol. The van der Waals surface area contributed by atoms with E-state index >= 15 is 0 Å². The van der Waals surface area contributed by atoms with Crippen LogP contribution in [-0.2, 0) is 38.0 Å². The predicted molar refractivity (Wildman–Crippen MR) is 205 cm³/mol. The summed E-state index contributed by atoms with van der Waals surface area (Å²) < 4.78 is 37.1. The normalized spacial score (nSPS) is 47.9. The Kier molecular flexibility index (Phi) is 18.7. The van der Waals surface area contributed by atoms with Crippen molar-refractivity contribution in [1.29, 1.82) is 0 Å². The van der Waals surface area contributed by atoms with Gasteiger partial charge in [0.05, 0.1) is 47.6 Å². The Morgan fingerprint density at radius 3 is 2.00 bits per heavy atom. The topological polar surface area (TPSA) is 225 Å². The summed E-state index contributed by atoms with van der Waals surface area (Å²) in [6.45, 7) is 16.3. The number of carbonyl (C=O) groups is 2. The number of halogens is 1. The third-order valence-electron chi connectivity index (χ3n) is 11.8. The van der Waals surface area contributed by atoms with Crippen LogP contribution in [0.1, 0.15) is 94.9 Å². The fourth-order valence-electron chi connectivity index (χ4n) is 8.41. The van der Waals surface area contributed by atoms with Crippen molar-refractivity contribution in [2.24, 2.45) is 23.7 Å². The lowest BCUT2D eigenvalue weighted by atomic mass is 9.74. The molecule has 16 heteroatoms. The number of ether oxygens (including phenoxy) is 6. The number of ketones is 1. The zero-order valence-electron chi connectivity index (χ0n) is 33.8. The molecule has 7 N–H and O–H groups in total. The second-order valence-corrected chi connectivity index (χ2v) is 16.5. The standard InChI is InChI=1S/C37H67NO13.HI.H2O/c1-14-25-37(10,45)30(41)20(4)27(39)18(2)16-35(8,44)32(51-34-28(40)24(38(11)12)15-19(3)47-34)21(5)29(22(6)33(43)49-25)50-26-17-36(9,46-13)31(42)23(7)48-26;;/h18-26,28-32,34,40-42,44-45H,14-17H2,1-13H3;1H;1H2/t18-,19-,20+,21+,22-,23+,24+,25-,26+,28-,29+,30-,31+,32-,34+,35-,36-,37-;;/m1../s1. The first kappa shape index (κ1) is 50.4. The van der Waals surface area contributed by atoms with Gasteiger partial charge < -0.3 is 64.3 Å². The molecule has 3 fully saturated rings. The Balaban J connectivity index is 0.00000702. The van der Waals surface area contributed by atoms with E-state index in [1.54, 1.807) is 41.5 Å². The highest BCUT2D eigenvalue weighted by molar-refractivity contribution is 14.0. The van der Waals surface area contributed by atoms with Gasteiger partial charge in [0.25, 0.3) is 0 Å². The molecule has 3 aliphatic rings. The van der Waals surface area contributed by atoms with Gasteiger partial charge in [-0.2, -0.15) is 0 Å². The Morgan fingerprint density at radius 2 is 1.47 bits per heavy atom. The molecule has 3 aliphatic heterocycles. The zero-order valence-corrected chi connectivity index (χ0v) is 36.2. The first-order chi connectivity index (χ1) is 23.4. The molecule has 0 amide bonds. The number of carbonyl (C=O) groups excluding carboxylic acids is 2. The molecule has 0 saturated carbocycles. The molecule has 3 heterocycles. The summed E-state index contributed by atoms with van der Waals surface area (Å²) >= 11 is 0. The average molecular weight is 880 g/mol. The Labute approximate surface area is 332 Å². The molecule has 0 spiro atoms. The molecule has 3 rings (SSSR count). The van der Waals surface area contributed by atoms with Gasteiger partial charge in [-0.15, -0.1) is 24.0 Å². The number of Topliss-reactive ketones (excluding diaryl/α,β-unsaturated/α-hetero) is 1. The summed E-state index contributed by atoms with van der Waals surface area (Å²) in [6, 6.07) is -0.324. The third-order valence-corrected chi connectivity index (χ3v) is 11.8. The summed E-state index contributed by atoms with van der Waals surface area (Å²) in [7, 11) is 5.18. The van der Waals surface area contributed by atoms with Crippen LogP contribution in [0.25, 0.3) is 0 Å². The minimum atomic E-state index is -1.99. The van der Waals surface area contributed by atoms with Crippen LogP contribution in [0.3, 0.4) is 0 Å². The lowest BCUT2D eigenvalue weighted by Crippen LogP contribution is -2.61. The molecule has 0 aromatic rings. The Hall–Kier alpha value is -0.610. The van der Waals surface area contributed by atoms with Gasteiger partial charge in [-0.3, -0.25) is 9.59 Å². The summed E-state index contributed by atoms with van der Waals surface area (Å²) in [5, 5.41) is 57.6. The van der Waals surface area contributed by atoms with E-state index in [1.807, 2.05) is 25.9 Å². The van der Waals surface area contributed by atoms with Crippen molar-refractivity contribution in [1.82, 2.24) is 4.90 Å². The predicted octanol–water partition coefficient (Wildman–Crippen LogP) is 1.58. The van der Waals surface area contributed by atoms with Crippen LogP contribution in [0.15, 0.2) is 0 Å². The Morgan fingerprint density at radius 1 is 0.887 bits per heavy atom. The number of esters is 1. The highest BCUT2D eigenvalue weighted by Gasteiger charge is 2.53. The van der Waals surface area contributed by atoms with E-state index in [-0.39, 0.29) is 60.9 Å².